The zero-order valence-corrected chi connectivity index (χ0v) is 10.5. The van der Waals surface area contributed by atoms with E-state index in [2.05, 4.69) is 15.5 Å². The molecule has 0 aliphatic carbocycles. The third-order valence-electron chi connectivity index (χ3n) is 2.64. The molecule has 1 heterocycles. The number of hydrogen-bond acceptors (Lipinski definition) is 3. The topological polar surface area (TPSA) is 83.8 Å². The van der Waals surface area contributed by atoms with Crippen LogP contribution in [0.5, 0.6) is 0 Å². The van der Waals surface area contributed by atoms with Gasteiger partial charge in [0, 0.05) is 17.4 Å². The summed E-state index contributed by atoms with van der Waals surface area (Å²) >= 11 is 5.97. The molecule has 1 aromatic heterocycles. The molecule has 1 aromatic carbocycles. The number of H-pyrrole nitrogens is 1. The molecule has 18 heavy (non-hydrogen) atoms. The molecule has 0 aliphatic heterocycles. The summed E-state index contributed by atoms with van der Waals surface area (Å²) in [5.41, 5.74) is 7.30. The number of benzene rings is 1. The van der Waals surface area contributed by atoms with E-state index < -0.39 is 0 Å². The van der Waals surface area contributed by atoms with Crippen molar-refractivity contribution in [3.8, 4) is 0 Å². The number of aromatic nitrogens is 2. The van der Waals surface area contributed by atoms with Gasteiger partial charge in [0.25, 0.3) is 5.91 Å². The molecule has 0 aliphatic rings. The Kier molecular flexibility index (Phi) is 3.53. The molecule has 1 amide bonds. The SMILES string of the molecule is CC(NC(=O)c1c(N)cccc1Cl)c1cn[nH]c1. The first-order valence-electron chi connectivity index (χ1n) is 5.43. The van der Waals surface area contributed by atoms with E-state index in [1.54, 1.807) is 30.6 Å². The predicted molar refractivity (Wildman–Crippen MR) is 70.3 cm³/mol. The Balaban J connectivity index is 2.18. The Bertz CT molecular complexity index is 533. The van der Waals surface area contributed by atoms with Gasteiger partial charge in [-0.3, -0.25) is 9.89 Å². The smallest absolute Gasteiger partial charge is 0.255 e. The molecule has 0 fully saturated rings. The number of nitrogens with zero attached hydrogens (tertiary/aromatic N) is 1. The highest BCUT2D eigenvalue weighted by Gasteiger charge is 2.17. The van der Waals surface area contributed by atoms with Crippen molar-refractivity contribution in [3.05, 3.63) is 46.7 Å². The first-order chi connectivity index (χ1) is 8.59. The van der Waals surface area contributed by atoms with Crippen LogP contribution in [-0.4, -0.2) is 16.1 Å². The van der Waals surface area contributed by atoms with Crippen molar-refractivity contribution in [1.82, 2.24) is 15.5 Å². The first-order valence-corrected chi connectivity index (χ1v) is 5.81. The standard InChI is InChI=1S/C12H13ClN4O/c1-7(8-5-15-16-6-8)17-12(18)11-9(13)3-2-4-10(11)14/h2-7H,14H2,1H3,(H,15,16)(H,17,18). The number of nitrogens with two attached hydrogens (primary N) is 1. The lowest BCUT2D eigenvalue weighted by molar-refractivity contribution is 0.0941. The Morgan fingerprint density at radius 3 is 2.94 bits per heavy atom. The summed E-state index contributed by atoms with van der Waals surface area (Å²) in [6, 6.07) is 4.80. The molecule has 0 saturated carbocycles. The molecule has 94 valence electrons. The second-order valence-corrected chi connectivity index (χ2v) is 4.34. The van der Waals surface area contributed by atoms with E-state index >= 15 is 0 Å². The van der Waals surface area contributed by atoms with Crippen molar-refractivity contribution >= 4 is 23.2 Å². The number of aromatic amines is 1. The van der Waals surface area contributed by atoms with Gasteiger partial charge in [-0.2, -0.15) is 5.10 Å². The summed E-state index contributed by atoms with van der Waals surface area (Å²) in [5.74, 6) is -0.299. The van der Waals surface area contributed by atoms with Crippen molar-refractivity contribution < 1.29 is 4.79 Å². The van der Waals surface area contributed by atoms with Gasteiger partial charge in [-0.15, -0.1) is 0 Å². The number of nitrogen functional groups attached to an aromatic ring is 1. The van der Waals surface area contributed by atoms with E-state index in [-0.39, 0.29) is 11.9 Å². The number of rotatable bonds is 3. The maximum absolute atomic E-state index is 12.1. The molecule has 4 N–H and O–H groups in total. The molecular formula is C12H13ClN4O. The first kappa shape index (κ1) is 12.4. The van der Waals surface area contributed by atoms with Gasteiger partial charge in [-0.1, -0.05) is 17.7 Å². The van der Waals surface area contributed by atoms with Gasteiger partial charge in [0.1, 0.15) is 0 Å². The molecule has 0 spiro atoms. The minimum Gasteiger partial charge on any atom is -0.398 e. The number of amides is 1. The Morgan fingerprint density at radius 1 is 1.56 bits per heavy atom. The lowest BCUT2D eigenvalue weighted by Crippen LogP contribution is -2.27. The van der Waals surface area contributed by atoms with Crippen LogP contribution in [0.3, 0.4) is 0 Å². The maximum atomic E-state index is 12.1. The number of nitrogens with one attached hydrogen (secondary N) is 2. The van der Waals surface area contributed by atoms with Crippen molar-refractivity contribution in [2.24, 2.45) is 0 Å². The van der Waals surface area contributed by atoms with Gasteiger partial charge in [0.05, 0.1) is 22.8 Å². The number of anilines is 1. The highest BCUT2D eigenvalue weighted by atomic mass is 35.5. The van der Waals surface area contributed by atoms with Crippen molar-refractivity contribution in [2.45, 2.75) is 13.0 Å². The summed E-state index contributed by atoms with van der Waals surface area (Å²) < 4.78 is 0. The molecule has 0 saturated heterocycles. The summed E-state index contributed by atoms with van der Waals surface area (Å²) in [6.07, 6.45) is 3.38. The lowest BCUT2D eigenvalue weighted by atomic mass is 10.1. The summed E-state index contributed by atoms with van der Waals surface area (Å²) in [5, 5.41) is 9.68. The summed E-state index contributed by atoms with van der Waals surface area (Å²) in [7, 11) is 0. The average Bonchev–Trinajstić information content (AvgIpc) is 2.81. The highest BCUT2D eigenvalue weighted by Crippen LogP contribution is 2.22. The molecule has 2 rings (SSSR count). The van der Waals surface area contributed by atoms with Crippen LogP contribution >= 0.6 is 11.6 Å². The quantitative estimate of drug-likeness (QED) is 0.743. The van der Waals surface area contributed by atoms with Gasteiger partial charge >= 0.3 is 0 Å². The van der Waals surface area contributed by atoms with Gasteiger partial charge in [-0.05, 0) is 19.1 Å². The minimum atomic E-state index is -0.299. The second-order valence-electron chi connectivity index (χ2n) is 3.93. The second kappa shape index (κ2) is 5.10. The van der Waals surface area contributed by atoms with Crippen LogP contribution in [-0.2, 0) is 0 Å². The molecule has 1 unspecified atom stereocenters. The normalized spacial score (nSPS) is 12.1. The minimum absolute atomic E-state index is 0.174. The third-order valence-corrected chi connectivity index (χ3v) is 2.95. The van der Waals surface area contributed by atoms with Crippen LogP contribution < -0.4 is 11.1 Å². The Morgan fingerprint density at radius 2 is 2.33 bits per heavy atom. The van der Waals surface area contributed by atoms with Gasteiger partial charge in [-0.25, -0.2) is 0 Å². The molecule has 2 aromatic rings. The lowest BCUT2D eigenvalue weighted by Gasteiger charge is -2.14. The number of carbonyl (C=O) groups is 1. The van der Waals surface area contributed by atoms with Gasteiger partial charge in [0.15, 0.2) is 0 Å². The van der Waals surface area contributed by atoms with Crippen LogP contribution in [0.25, 0.3) is 0 Å². The fraction of sp³-hybridized carbons (Fsp3) is 0.167. The van der Waals surface area contributed by atoms with Crippen LogP contribution in [0.2, 0.25) is 5.02 Å². The number of halogens is 1. The molecule has 0 radical (unpaired) electrons. The number of carbonyl (C=O) groups excluding carboxylic acids is 1. The largest absolute Gasteiger partial charge is 0.398 e. The van der Waals surface area contributed by atoms with Crippen LogP contribution in [0.4, 0.5) is 5.69 Å². The monoisotopic (exact) mass is 264 g/mol. The fourth-order valence-corrected chi connectivity index (χ4v) is 1.90. The Hall–Kier alpha value is -2.01. The highest BCUT2D eigenvalue weighted by molar-refractivity contribution is 6.34. The zero-order chi connectivity index (χ0) is 13.1. The van der Waals surface area contributed by atoms with E-state index in [0.717, 1.165) is 5.56 Å². The molecule has 6 heteroatoms. The predicted octanol–water partition coefficient (Wildman–Crippen LogP) is 2.14. The van der Waals surface area contributed by atoms with Crippen LogP contribution in [0, 0.1) is 0 Å². The summed E-state index contributed by atoms with van der Waals surface area (Å²) in [6.45, 7) is 1.86. The zero-order valence-electron chi connectivity index (χ0n) is 9.77. The van der Waals surface area contributed by atoms with E-state index in [1.165, 1.54) is 0 Å². The molecule has 1 atom stereocenters. The molecular weight excluding hydrogens is 252 g/mol. The third kappa shape index (κ3) is 2.46. The molecule has 0 bridgehead atoms. The van der Waals surface area contributed by atoms with Crippen molar-refractivity contribution in [1.29, 1.82) is 0 Å². The fourth-order valence-electron chi connectivity index (χ4n) is 1.63. The molecule has 5 nitrogen and oxygen atoms in total. The van der Waals surface area contributed by atoms with E-state index in [0.29, 0.717) is 16.3 Å². The van der Waals surface area contributed by atoms with Crippen LogP contribution in [0.15, 0.2) is 30.6 Å². The van der Waals surface area contributed by atoms with E-state index in [4.69, 9.17) is 17.3 Å². The van der Waals surface area contributed by atoms with Gasteiger partial charge < -0.3 is 11.1 Å². The van der Waals surface area contributed by atoms with E-state index in [1.807, 2.05) is 6.92 Å². The summed E-state index contributed by atoms with van der Waals surface area (Å²) in [4.78, 5) is 12.1. The number of hydrogen-bond donors (Lipinski definition) is 3. The van der Waals surface area contributed by atoms with Crippen molar-refractivity contribution in [2.75, 3.05) is 5.73 Å². The van der Waals surface area contributed by atoms with Crippen molar-refractivity contribution in [3.63, 3.8) is 0 Å². The Labute approximate surface area is 109 Å². The van der Waals surface area contributed by atoms with E-state index in [9.17, 15) is 4.79 Å². The van der Waals surface area contributed by atoms with Gasteiger partial charge in [0.2, 0.25) is 0 Å². The average molecular weight is 265 g/mol. The maximum Gasteiger partial charge on any atom is 0.255 e. The van der Waals surface area contributed by atoms with Crippen LogP contribution in [0.1, 0.15) is 28.9 Å².